The molecule has 106 valence electrons. The maximum absolute atomic E-state index is 5.93. The van der Waals surface area contributed by atoms with Crippen molar-refractivity contribution in [1.29, 1.82) is 0 Å². The van der Waals surface area contributed by atoms with E-state index in [0.29, 0.717) is 12.3 Å². The maximum atomic E-state index is 5.93. The Kier molecular flexibility index (Phi) is 5.18. The Morgan fingerprint density at radius 3 is 2.75 bits per heavy atom. The van der Waals surface area contributed by atoms with Crippen LogP contribution in [-0.4, -0.2) is 12.9 Å². The van der Waals surface area contributed by atoms with Gasteiger partial charge in [-0.15, -0.1) is 11.8 Å². The molecule has 0 aliphatic heterocycles. The van der Waals surface area contributed by atoms with Crippen molar-refractivity contribution in [1.82, 2.24) is 0 Å². The molecule has 0 spiro atoms. The highest BCUT2D eigenvalue weighted by atomic mass is 32.2. The number of para-hydroxylation sites is 1. The van der Waals surface area contributed by atoms with Gasteiger partial charge in [-0.2, -0.15) is 0 Å². The lowest BCUT2D eigenvalue weighted by Crippen LogP contribution is -1.99. The quantitative estimate of drug-likeness (QED) is 0.606. The predicted molar refractivity (Wildman–Crippen MR) is 88.1 cm³/mol. The second-order valence-electron chi connectivity index (χ2n) is 4.46. The number of rotatable bonds is 6. The van der Waals surface area contributed by atoms with Gasteiger partial charge in [0.25, 0.3) is 0 Å². The molecule has 0 saturated heterocycles. The lowest BCUT2D eigenvalue weighted by atomic mass is 10.2. The molecule has 0 unspecified atom stereocenters. The van der Waals surface area contributed by atoms with Gasteiger partial charge >= 0.3 is 0 Å². The van der Waals surface area contributed by atoms with Crippen LogP contribution in [0.3, 0.4) is 0 Å². The SMILES string of the molecule is CCCOc1cc(N)cc(Nc2ccccc2SC)c1. The number of anilines is 3. The van der Waals surface area contributed by atoms with Gasteiger partial charge in [0.2, 0.25) is 0 Å². The smallest absolute Gasteiger partial charge is 0.123 e. The second-order valence-corrected chi connectivity index (χ2v) is 5.31. The molecule has 0 saturated carbocycles. The van der Waals surface area contributed by atoms with Crippen LogP contribution in [0.1, 0.15) is 13.3 Å². The number of thioether (sulfide) groups is 1. The first-order chi connectivity index (χ1) is 9.72. The molecule has 0 radical (unpaired) electrons. The second kappa shape index (κ2) is 7.10. The summed E-state index contributed by atoms with van der Waals surface area (Å²) in [5.41, 5.74) is 8.65. The number of hydrogen-bond acceptors (Lipinski definition) is 4. The van der Waals surface area contributed by atoms with E-state index in [-0.39, 0.29) is 0 Å². The van der Waals surface area contributed by atoms with Crippen molar-refractivity contribution in [3.8, 4) is 5.75 Å². The molecule has 0 bridgehead atoms. The highest BCUT2D eigenvalue weighted by molar-refractivity contribution is 7.98. The molecule has 2 aromatic carbocycles. The molecule has 0 amide bonds. The standard InChI is InChI=1S/C16H20N2OS/c1-3-8-19-14-10-12(17)9-13(11-14)18-15-6-4-5-7-16(15)20-2/h4-7,9-11,18H,3,8,17H2,1-2H3. The van der Waals surface area contributed by atoms with Crippen molar-refractivity contribution in [2.75, 3.05) is 23.9 Å². The summed E-state index contributed by atoms with van der Waals surface area (Å²) in [6.45, 7) is 2.78. The van der Waals surface area contributed by atoms with Crippen molar-refractivity contribution in [2.24, 2.45) is 0 Å². The monoisotopic (exact) mass is 288 g/mol. The van der Waals surface area contributed by atoms with Gasteiger partial charge in [0.05, 0.1) is 12.3 Å². The van der Waals surface area contributed by atoms with Crippen molar-refractivity contribution in [3.05, 3.63) is 42.5 Å². The molecule has 0 heterocycles. The van der Waals surface area contributed by atoms with E-state index in [2.05, 4.69) is 30.6 Å². The van der Waals surface area contributed by atoms with Crippen molar-refractivity contribution in [3.63, 3.8) is 0 Å². The molecule has 20 heavy (non-hydrogen) atoms. The van der Waals surface area contributed by atoms with Gasteiger partial charge in [0.15, 0.2) is 0 Å². The maximum Gasteiger partial charge on any atom is 0.123 e. The van der Waals surface area contributed by atoms with E-state index >= 15 is 0 Å². The predicted octanol–water partition coefficient (Wildman–Crippen LogP) is 4.52. The zero-order valence-corrected chi connectivity index (χ0v) is 12.7. The lowest BCUT2D eigenvalue weighted by Gasteiger charge is -2.13. The molecule has 2 rings (SSSR count). The molecule has 0 aliphatic rings. The first kappa shape index (κ1) is 14.6. The van der Waals surface area contributed by atoms with Crippen LogP contribution in [0.2, 0.25) is 0 Å². The van der Waals surface area contributed by atoms with E-state index in [4.69, 9.17) is 10.5 Å². The highest BCUT2D eigenvalue weighted by Gasteiger charge is 2.04. The van der Waals surface area contributed by atoms with E-state index < -0.39 is 0 Å². The van der Waals surface area contributed by atoms with Crippen molar-refractivity contribution in [2.45, 2.75) is 18.2 Å². The summed E-state index contributed by atoms with van der Waals surface area (Å²) >= 11 is 1.71. The van der Waals surface area contributed by atoms with Gasteiger partial charge in [0.1, 0.15) is 5.75 Å². The minimum atomic E-state index is 0.697. The van der Waals surface area contributed by atoms with E-state index in [0.717, 1.165) is 23.5 Å². The Balaban J connectivity index is 2.22. The third kappa shape index (κ3) is 3.84. The molecular formula is C16H20N2OS. The molecule has 2 aromatic rings. The van der Waals surface area contributed by atoms with Gasteiger partial charge in [-0.05, 0) is 30.9 Å². The molecule has 0 aromatic heterocycles. The fourth-order valence-electron chi connectivity index (χ4n) is 1.90. The van der Waals surface area contributed by atoms with E-state index in [1.54, 1.807) is 11.8 Å². The summed E-state index contributed by atoms with van der Waals surface area (Å²) in [7, 11) is 0. The van der Waals surface area contributed by atoms with Crippen molar-refractivity contribution >= 4 is 28.8 Å². The average Bonchev–Trinajstić information content (AvgIpc) is 2.45. The van der Waals surface area contributed by atoms with E-state index in [1.807, 2.05) is 30.3 Å². The van der Waals surface area contributed by atoms with Crippen LogP contribution in [0.5, 0.6) is 5.75 Å². The fourth-order valence-corrected chi connectivity index (χ4v) is 2.45. The third-order valence-corrected chi connectivity index (χ3v) is 3.58. The van der Waals surface area contributed by atoms with Crippen LogP contribution in [0.25, 0.3) is 0 Å². The Morgan fingerprint density at radius 2 is 2.00 bits per heavy atom. The van der Waals surface area contributed by atoms with Gasteiger partial charge in [-0.1, -0.05) is 19.1 Å². The Labute approximate surface area is 124 Å². The largest absolute Gasteiger partial charge is 0.493 e. The highest BCUT2D eigenvalue weighted by Crippen LogP contribution is 2.30. The number of benzene rings is 2. The third-order valence-electron chi connectivity index (χ3n) is 2.79. The normalized spacial score (nSPS) is 10.3. The van der Waals surface area contributed by atoms with Crippen LogP contribution < -0.4 is 15.8 Å². The first-order valence-electron chi connectivity index (χ1n) is 6.66. The minimum Gasteiger partial charge on any atom is -0.493 e. The summed E-state index contributed by atoms with van der Waals surface area (Å²) in [6.07, 6.45) is 3.04. The summed E-state index contributed by atoms with van der Waals surface area (Å²) in [5, 5.41) is 3.40. The zero-order valence-electron chi connectivity index (χ0n) is 11.8. The molecule has 3 N–H and O–H groups in total. The van der Waals surface area contributed by atoms with Crippen LogP contribution in [-0.2, 0) is 0 Å². The molecule has 0 fully saturated rings. The number of nitrogens with two attached hydrogens (primary N) is 1. The number of nitrogens with one attached hydrogen (secondary N) is 1. The van der Waals surface area contributed by atoms with Crippen LogP contribution in [0, 0.1) is 0 Å². The van der Waals surface area contributed by atoms with Crippen molar-refractivity contribution < 1.29 is 4.74 Å². The summed E-state index contributed by atoms with van der Waals surface area (Å²) in [6, 6.07) is 13.9. The summed E-state index contributed by atoms with van der Waals surface area (Å²) < 4.78 is 5.65. The number of ether oxygens (including phenoxy) is 1. The summed E-state index contributed by atoms with van der Waals surface area (Å²) in [5.74, 6) is 0.802. The van der Waals surface area contributed by atoms with E-state index in [1.165, 1.54) is 4.90 Å². The van der Waals surface area contributed by atoms with Crippen LogP contribution in [0.15, 0.2) is 47.4 Å². The average molecular weight is 288 g/mol. The van der Waals surface area contributed by atoms with Crippen LogP contribution in [0.4, 0.5) is 17.1 Å². The topological polar surface area (TPSA) is 47.3 Å². The molecule has 3 nitrogen and oxygen atoms in total. The number of nitrogen functional groups attached to an aromatic ring is 1. The van der Waals surface area contributed by atoms with Gasteiger partial charge in [0, 0.05) is 28.4 Å². The van der Waals surface area contributed by atoms with E-state index in [9.17, 15) is 0 Å². The minimum absolute atomic E-state index is 0.697. The lowest BCUT2D eigenvalue weighted by molar-refractivity contribution is 0.318. The Morgan fingerprint density at radius 1 is 1.20 bits per heavy atom. The first-order valence-corrected chi connectivity index (χ1v) is 7.89. The summed E-state index contributed by atoms with van der Waals surface area (Å²) in [4.78, 5) is 1.20. The number of hydrogen-bond donors (Lipinski definition) is 2. The molecule has 0 aliphatic carbocycles. The van der Waals surface area contributed by atoms with Gasteiger partial charge < -0.3 is 15.8 Å². The molecule has 0 atom stereocenters. The molecule has 4 heteroatoms. The van der Waals surface area contributed by atoms with Gasteiger partial charge in [-0.3, -0.25) is 0 Å². The van der Waals surface area contributed by atoms with Crippen LogP contribution >= 0.6 is 11.8 Å². The Hall–Kier alpha value is -1.81. The van der Waals surface area contributed by atoms with Gasteiger partial charge in [-0.25, -0.2) is 0 Å². The fraction of sp³-hybridized carbons (Fsp3) is 0.250. The Bertz CT molecular complexity index is 572. The zero-order chi connectivity index (χ0) is 14.4. The molecular weight excluding hydrogens is 268 g/mol.